The molecule has 2 aromatic heterocycles. The van der Waals surface area contributed by atoms with Crippen LogP contribution in [0.25, 0.3) is 10.9 Å². The van der Waals surface area contributed by atoms with Crippen molar-refractivity contribution >= 4 is 38.2 Å². The summed E-state index contributed by atoms with van der Waals surface area (Å²) in [5.74, 6) is 0. The Bertz CT molecular complexity index is 804. The molecule has 0 bridgehead atoms. The first kappa shape index (κ1) is 14.6. The molecule has 3 aromatic rings. The van der Waals surface area contributed by atoms with Gasteiger partial charge < -0.3 is 4.57 Å². The highest BCUT2D eigenvalue weighted by Gasteiger charge is 2.33. The smallest absolute Gasteiger partial charge is 0.339 e. The van der Waals surface area contributed by atoms with Crippen LogP contribution >= 0.6 is 27.3 Å². The van der Waals surface area contributed by atoms with Crippen molar-refractivity contribution in [1.29, 1.82) is 0 Å². The predicted molar refractivity (Wildman–Crippen MR) is 80.6 cm³/mol. The van der Waals surface area contributed by atoms with Gasteiger partial charge in [-0.2, -0.15) is 13.2 Å². The van der Waals surface area contributed by atoms with Gasteiger partial charge in [-0.25, -0.2) is 4.98 Å². The number of thiazole rings is 1. The molecule has 0 spiro atoms. The van der Waals surface area contributed by atoms with Crippen LogP contribution in [0.15, 0.2) is 33.6 Å². The fraction of sp³-hybridized carbons (Fsp3) is 0.214. The highest BCUT2D eigenvalue weighted by Crippen LogP contribution is 2.36. The molecule has 2 heterocycles. The Balaban J connectivity index is 2.14. The van der Waals surface area contributed by atoms with E-state index in [9.17, 15) is 13.2 Å². The summed E-state index contributed by atoms with van der Waals surface area (Å²) in [6, 6.07) is 5.85. The van der Waals surface area contributed by atoms with Crippen LogP contribution in [0.4, 0.5) is 13.2 Å². The van der Waals surface area contributed by atoms with Gasteiger partial charge in [0.25, 0.3) is 0 Å². The van der Waals surface area contributed by atoms with Crippen LogP contribution in [0.1, 0.15) is 17.0 Å². The molecule has 0 aliphatic heterocycles. The normalized spacial score (nSPS) is 12.2. The summed E-state index contributed by atoms with van der Waals surface area (Å²) in [7, 11) is 0. The third-order valence-corrected chi connectivity index (χ3v) is 4.72. The molecule has 1 aromatic carbocycles. The summed E-state index contributed by atoms with van der Waals surface area (Å²) >= 11 is 4.75. The van der Waals surface area contributed by atoms with Crippen LogP contribution in [0.3, 0.4) is 0 Å². The lowest BCUT2D eigenvalue weighted by Crippen LogP contribution is -2.06. The second-order valence-corrected chi connectivity index (χ2v) is 6.83. The topological polar surface area (TPSA) is 17.8 Å². The molecule has 0 saturated carbocycles. The molecule has 2 nitrogen and oxygen atoms in total. The van der Waals surface area contributed by atoms with E-state index >= 15 is 0 Å². The lowest BCUT2D eigenvalue weighted by Gasteiger charge is -2.09. The van der Waals surface area contributed by atoms with Crippen molar-refractivity contribution in [3.8, 4) is 0 Å². The minimum Gasteiger partial charge on any atom is -0.339 e. The average Bonchev–Trinajstić information content (AvgIpc) is 2.93. The summed E-state index contributed by atoms with van der Waals surface area (Å²) in [6.45, 7) is 2.26. The lowest BCUT2D eigenvalue weighted by molar-refractivity contribution is -0.136. The number of nitrogens with zero attached hydrogens (tertiary/aromatic N) is 2. The van der Waals surface area contributed by atoms with Gasteiger partial charge in [0, 0.05) is 22.0 Å². The molecule has 0 amide bonds. The Labute approximate surface area is 131 Å². The van der Waals surface area contributed by atoms with Gasteiger partial charge in [-0.1, -0.05) is 6.07 Å². The molecule has 0 saturated heterocycles. The number of aromatic nitrogens is 2. The van der Waals surface area contributed by atoms with Gasteiger partial charge >= 0.3 is 6.18 Å². The Kier molecular flexibility index (Phi) is 3.57. The molecule has 0 N–H and O–H groups in total. The third-order valence-electron chi connectivity index (χ3n) is 3.30. The molecule has 0 radical (unpaired) electrons. The Morgan fingerprint density at radius 3 is 2.71 bits per heavy atom. The highest BCUT2D eigenvalue weighted by atomic mass is 79.9. The second kappa shape index (κ2) is 5.14. The number of fused-ring (bicyclic) bond motifs is 1. The van der Waals surface area contributed by atoms with Crippen molar-refractivity contribution in [3.63, 3.8) is 0 Å². The highest BCUT2D eigenvalue weighted by molar-refractivity contribution is 9.11. The monoisotopic (exact) mass is 374 g/mol. The molecule has 0 unspecified atom stereocenters. The van der Waals surface area contributed by atoms with Crippen molar-refractivity contribution in [3.05, 3.63) is 50.5 Å². The molecule has 0 aliphatic rings. The Hall–Kier alpha value is -1.34. The predicted octanol–water partition coefficient (Wildman–Crippen LogP) is 5.24. The number of rotatable bonds is 2. The molecule has 7 heteroatoms. The van der Waals surface area contributed by atoms with Crippen molar-refractivity contribution in [2.45, 2.75) is 19.6 Å². The number of aryl methyl sites for hydroxylation is 1. The van der Waals surface area contributed by atoms with E-state index in [1.54, 1.807) is 12.1 Å². The van der Waals surface area contributed by atoms with Gasteiger partial charge in [0.05, 0.1) is 17.8 Å². The van der Waals surface area contributed by atoms with E-state index in [2.05, 4.69) is 20.9 Å². The number of hydrogen-bond donors (Lipinski definition) is 0. The van der Waals surface area contributed by atoms with Crippen LogP contribution in [0, 0.1) is 6.92 Å². The molecular formula is C14H10BrF3N2S. The molecule has 110 valence electrons. The van der Waals surface area contributed by atoms with Gasteiger partial charge in [-0.15, -0.1) is 11.3 Å². The number of benzene rings is 1. The maximum Gasteiger partial charge on any atom is 0.417 e. The zero-order valence-corrected chi connectivity index (χ0v) is 13.3. The summed E-state index contributed by atoms with van der Waals surface area (Å²) in [5.41, 5.74) is 1.59. The van der Waals surface area contributed by atoms with Gasteiger partial charge in [0.15, 0.2) is 3.92 Å². The average molecular weight is 375 g/mol. The van der Waals surface area contributed by atoms with E-state index in [1.807, 2.05) is 16.9 Å². The van der Waals surface area contributed by atoms with Crippen molar-refractivity contribution < 1.29 is 13.2 Å². The zero-order valence-electron chi connectivity index (χ0n) is 10.9. The van der Waals surface area contributed by atoms with E-state index in [0.717, 1.165) is 21.4 Å². The fourth-order valence-corrected chi connectivity index (χ4v) is 3.43. The van der Waals surface area contributed by atoms with Crippen LogP contribution in [-0.4, -0.2) is 9.55 Å². The van der Waals surface area contributed by atoms with Crippen molar-refractivity contribution in [2.75, 3.05) is 0 Å². The summed E-state index contributed by atoms with van der Waals surface area (Å²) in [4.78, 5) is 4.30. The lowest BCUT2D eigenvalue weighted by atomic mass is 10.1. The number of alkyl halides is 3. The van der Waals surface area contributed by atoms with Crippen LogP contribution in [-0.2, 0) is 12.7 Å². The van der Waals surface area contributed by atoms with E-state index in [1.165, 1.54) is 17.4 Å². The number of hydrogen-bond acceptors (Lipinski definition) is 2. The first-order valence-corrected chi connectivity index (χ1v) is 7.79. The Morgan fingerprint density at radius 2 is 2.10 bits per heavy atom. The van der Waals surface area contributed by atoms with E-state index in [0.29, 0.717) is 12.1 Å². The maximum absolute atomic E-state index is 13.1. The number of halogens is 4. The summed E-state index contributed by atoms with van der Waals surface area (Å²) in [5, 5.41) is 2.12. The minimum atomic E-state index is -4.35. The van der Waals surface area contributed by atoms with E-state index < -0.39 is 11.7 Å². The molecular weight excluding hydrogens is 365 g/mol. The summed E-state index contributed by atoms with van der Waals surface area (Å²) < 4.78 is 41.8. The maximum atomic E-state index is 13.1. The standard InChI is InChI=1S/C14H10BrF3N2S/c1-8-5-10-11(14(16,17)18)3-2-4-12(10)20(8)6-9-7-21-13(15)19-9/h2-5,7H,6H2,1H3. The molecule has 0 fully saturated rings. The van der Waals surface area contributed by atoms with Crippen molar-refractivity contribution in [2.24, 2.45) is 0 Å². The second-order valence-electron chi connectivity index (χ2n) is 4.70. The molecule has 0 atom stereocenters. The minimum absolute atomic E-state index is 0.233. The molecule has 3 rings (SSSR count). The molecule has 21 heavy (non-hydrogen) atoms. The summed E-state index contributed by atoms with van der Waals surface area (Å²) in [6.07, 6.45) is -4.35. The van der Waals surface area contributed by atoms with E-state index in [4.69, 9.17) is 0 Å². The van der Waals surface area contributed by atoms with Gasteiger partial charge in [0.2, 0.25) is 0 Å². The van der Waals surface area contributed by atoms with Crippen LogP contribution < -0.4 is 0 Å². The third kappa shape index (κ3) is 2.72. The van der Waals surface area contributed by atoms with Gasteiger partial charge in [-0.3, -0.25) is 0 Å². The van der Waals surface area contributed by atoms with Crippen LogP contribution in [0.2, 0.25) is 0 Å². The fourth-order valence-electron chi connectivity index (χ4n) is 2.39. The quantitative estimate of drug-likeness (QED) is 0.599. The Morgan fingerprint density at radius 1 is 1.33 bits per heavy atom. The zero-order chi connectivity index (χ0) is 15.2. The SMILES string of the molecule is Cc1cc2c(C(F)(F)F)cccc2n1Cc1csc(Br)n1. The van der Waals surface area contributed by atoms with Crippen LogP contribution in [0.5, 0.6) is 0 Å². The first-order valence-electron chi connectivity index (χ1n) is 6.12. The van der Waals surface area contributed by atoms with Crippen molar-refractivity contribution in [1.82, 2.24) is 9.55 Å². The first-order chi connectivity index (χ1) is 9.86. The molecule has 0 aliphatic carbocycles. The van der Waals surface area contributed by atoms with Gasteiger partial charge in [-0.05, 0) is 41.1 Å². The van der Waals surface area contributed by atoms with E-state index in [-0.39, 0.29) is 5.39 Å². The van der Waals surface area contributed by atoms with Gasteiger partial charge in [0.1, 0.15) is 0 Å². The largest absolute Gasteiger partial charge is 0.417 e.